The van der Waals surface area contributed by atoms with Gasteiger partial charge in [-0.2, -0.15) is 0 Å². The van der Waals surface area contributed by atoms with Gasteiger partial charge in [0.05, 0.1) is 19.4 Å². The molecule has 0 saturated carbocycles. The van der Waals surface area contributed by atoms with Crippen LogP contribution in [0.2, 0.25) is 0 Å². The van der Waals surface area contributed by atoms with Crippen LogP contribution in [0, 0.1) is 0 Å². The van der Waals surface area contributed by atoms with E-state index in [1.54, 1.807) is 18.2 Å². The van der Waals surface area contributed by atoms with Gasteiger partial charge in [0.15, 0.2) is 0 Å². The van der Waals surface area contributed by atoms with Gasteiger partial charge in [-0.1, -0.05) is 42.5 Å². The molecule has 0 spiro atoms. The number of methoxy groups -OCH3 is 1. The zero-order valence-corrected chi connectivity index (χ0v) is 13.7. The van der Waals surface area contributed by atoms with E-state index in [0.29, 0.717) is 18.0 Å². The van der Waals surface area contributed by atoms with E-state index in [0.717, 1.165) is 12.8 Å². The number of benzene rings is 2. The smallest absolute Gasteiger partial charge is 0.315 e. The Morgan fingerprint density at radius 1 is 1.00 bits per heavy atom. The molecule has 5 heteroatoms. The van der Waals surface area contributed by atoms with E-state index in [-0.39, 0.29) is 6.42 Å². The van der Waals surface area contributed by atoms with Crippen LogP contribution >= 0.6 is 0 Å². The fraction of sp³-hybridized carbons (Fsp3) is 0.263. The van der Waals surface area contributed by atoms with Gasteiger partial charge in [0, 0.05) is 0 Å². The van der Waals surface area contributed by atoms with E-state index < -0.39 is 11.9 Å². The predicted molar refractivity (Wildman–Crippen MR) is 92.0 cm³/mol. The summed E-state index contributed by atoms with van der Waals surface area (Å²) in [4.78, 5) is 22.9. The molecule has 0 atom stereocenters. The minimum atomic E-state index is -0.575. The van der Waals surface area contributed by atoms with Crippen LogP contribution in [0.5, 0.6) is 5.75 Å². The van der Waals surface area contributed by atoms with Crippen molar-refractivity contribution in [3.8, 4) is 5.75 Å². The van der Waals surface area contributed by atoms with Gasteiger partial charge < -0.3 is 14.8 Å². The molecular weight excluding hydrogens is 306 g/mol. The summed E-state index contributed by atoms with van der Waals surface area (Å²) < 4.78 is 10.2. The number of hydrogen-bond donors (Lipinski definition) is 1. The highest BCUT2D eigenvalue weighted by Gasteiger charge is 2.12. The third kappa shape index (κ3) is 5.76. The van der Waals surface area contributed by atoms with E-state index in [1.807, 2.05) is 24.3 Å². The van der Waals surface area contributed by atoms with Gasteiger partial charge in [0.2, 0.25) is 5.91 Å². The van der Waals surface area contributed by atoms with Crippen LogP contribution in [0.3, 0.4) is 0 Å². The van der Waals surface area contributed by atoms with Crippen molar-refractivity contribution in [3.05, 3.63) is 60.2 Å². The molecule has 0 heterocycles. The molecular formula is C19H21NO4. The molecule has 0 unspecified atom stereocenters. The molecule has 0 aliphatic heterocycles. The number of hydrogen-bond acceptors (Lipinski definition) is 4. The molecule has 24 heavy (non-hydrogen) atoms. The van der Waals surface area contributed by atoms with E-state index in [4.69, 9.17) is 4.74 Å². The Morgan fingerprint density at radius 3 is 2.46 bits per heavy atom. The maximum Gasteiger partial charge on any atom is 0.315 e. The van der Waals surface area contributed by atoms with Crippen molar-refractivity contribution < 1.29 is 19.1 Å². The highest BCUT2D eigenvalue weighted by Crippen LogP contribution is 2.24. The number of carbonyl (C=O) groups excluding carboxylic acids is 2. The van der Waals surface area contributed by atoms with Crippen molar-refractivity contribution in [1.82, 2.24) is 0 Å². The lowest BCUT2D eigenvalue weighted by Crippen LogP contribution is -2.17. The first-order valence-corrected chi connectivity index (χ1v) is 7.81. The lowest BCUT2D eigenvalue weighted by Gasteiger charge is -2.12. The minimum absolute atomic E-state index is 0.321. The average Bonchev–Trinajstić information content (AvgIpc) is 2.60. The Morgan fingerprint density at radius 2 is 1.71 bits per heavy atom. The van der Waals surface area contributed by atoms with Crippen LogP contribution in [0.1, 0.15) is 18.4 Å². The van der Waals surface area contributed by atoms with E-state index >= 15 is 0 Å². The number of aryl methyl sites for hydroxylation is 1. The summed E-state index contributed by atoms with van der Waals surface area (Å²) in [6, 6.07) is 17.4. The second-order valence-electron chi connectivity index (χ2n) is 5.23. The van der Waals surface area contributed by atoms with E-state index in [2.05, 4.69) is 22.2 Å². The number of esters is 1. The number of rotatable bonds is 8. The monoisotopic (exact) mass is 327 g/mol. The summed E-state index contributed by atoms with van der Waals surface area (Å²) in [5, 5.41) is 2.67. The van der Waals surface area contributed by atoms with Crippen molar-refractivity contribution in [1.29, 1.82) is 0 Å². The predicted octanol–water partition coefficient (Wildman–Crippen LogP) is 3.20. The summed E-state index contributed by atoms with van der Waals surface area (Å²) in [6.45, 7) is 0.540. The summed E-state index contributed by atoms with van der Waals surface area (Å²) in [5.41, 5.74) is 1.81. The summed E-state index contributed by atoms with van der Waals surface area (Å²) in [6.07, 6.45) is 1.48. The fourth-order valence-electron chi connectivity index (χ4n) is 2.20. The molecule has 5 nitrogen and oxygen atoms in total. The molecule has 126 valence electrons. The summed E-state index contributed by atoms with van der Waals surface area (Å²) >= 11 is 0. The molecule has 1 N–H and O–H groups in total. The Bertz CT molecular complexity index is 670. The van der Waals surface area contributed by atoms with Crippen LogP contribution in [-0.2, 0) is 20.7 Å². The van der Waals surface area contributed by atoms with E-state index in [9.17, 15) is 9.59 Å². The molecule has 0 bridgehead atoms. The van der Waals surface area contributed by atoms with Crippen LogP contribution in [-0.4, -0.2) is 25.6 Å². The van der Waals surface area contributed by atoms with Crippen molar-refractivity contribution >= 4 is 17.6 Å². The van der Waals surface area contributed by atoms with Crippen LogP contribution < -0.4 is 10.1 Å². The van der Waals surface area contributed by atoms with Gasteiger partial charge in [0.1, 0.15) is 12.2 Å². The molecule has 2 aromatic rings. The molecule has 2 aromatic carbocycles. The van der Waals surface area contributed by atoms with Crippen LogP contribution in [0.15, 0.2) is 54.6 Å². The summed E-state index contributed by atoms with van der Waals surface area (Å²) in [7, 11) is 1.25. The fourth-order valence-corrected chi connectivity index (χ4v) is 2.20. The van der Waals surface area contributed by atoms with E-state index in [1.165, 1.54) is 12.7 Å². The normalized spacial score (nSPS) is 10.0. The number of ether oxygens (including phenoxy) is 2. The molecule has 0 aliphatic rings. The Hall–Kier alpha value is -2.82. The standard InChI is InChI=1S/C19H21NO4/c1-23-19(22)14-18(21)20-16-11-5-6-12-17(16)24-13-7-10-15-8-3-2-4-9-15/h2-6,8-9,11-12H,7,10,13-14H2,1H3,(H,20,21). The number of para-hydroxylation sites is 2. The first-order chi connectivity index (χ1) is 11.7. The molecule has 0 aliphatic carbocycles. The number of amides is 1. The average molecular weight is 327 g/mol. The molecule has 1 amide bonds. The van der Waals surface area contributed by atoms with Gasteiger partial charge in [0.25, 0.3) is 0 Å². The molecule has 0 fully saturated rings. The largest absolute Gasteiger partial charge is 0.491 e. The number of anilines is 1. The Kier molecular flexibility index (Phi) is 6.83. The van der Waals surface area contributed by atoms with Crippen LogP contribution in [0.4, 0.5) is 5.69 Å². The lowest BCUT2D eigenvalue weighted by molar-refractivity contribution is -0.142. The first-order valence-electron chi connectivity index (χ1n) is 7.81. The molecule has 0 radical (unpaired) electrons. The third-order valence-electron chi connectivity index (χ3n) is 3.40. The Labute approximate surface area is 141 Å². The van der Waals surface area contributed by atoms with Crippen molar-refractivity contribution in [2.75, 3.05) is 19.0 Å². The molecule has 2 rings (SSSR count). The molecule has 0 saturated heterocycles. The second kappa shape index (κ2) is 9.35. The topological polar surface area (TPSA) is 64.6 Å². The van der Waals surface area contributed by atoms with Gasteiger partial charge in [-0.15, -0.1) is 0 Å². The van der Waals surface area contributed by atoms with Gasteiger partial charge in [-0.05, 0) is 30.5 Å². The number of carbonyl (C=O) groups is 2. The highest BCUT2D eigenvalue weighted by molar-refractivity contribution is 6.02. The summed E-state index contributed by atoms with van der Waals surface area (Å²) in [5.74, 6) is -0.417. The van der Waals surface area contributed by atoms with Gasteiger partial charge in [-0.25, -0.2) is 0 Å². The maximum absolute atomic E-state index is 11.8. The second-order valence-corrected chi connectivity index (χ2v) is 5.23. The number of nitrogens with one attached hydrogen (secondary N) is 1. The van der Waals surface area contributed by atoms with Gasteiger partial charge >= 0.3 is 5.97 Å². The Balaban J connectivity index is 1.84. The molecule has 0 aromatic heterocycles. The quantitative estimate of drug-likeness (QED) is 0.459. The first kappa shape index (κ1) is 17.5. The van der Waals surface area contributed by atoms with Crippen molar-refractivity contribution in [3.63, 3.8) is 0 Å². The van der Waals surface area contributed by atoms with Crippen molar-refractivity contribution in [2.24, 2.45) is 0 Å². The van der Waals surface area contributed by atoms with Crippen molar-refractivity contribution in [2.45, 2.75) is 19.3 Å². The lowest BCUT2D eigenvalue weighted by atomic mass is 10.1. The zero-order valence-electron chi connectivity index (χ0n) is 13.7. The van der Waals surface area contributed by atoms with Crippen LogP contribution in [0.25, 0.3) is 0 Å². The zero-order chi connectivity index (χ0) is 17.2. The third-order valence-corrected chi connectivity index (χ3v) is 3.40. The minimum Gasteiger partial charge on any atom is -0.491 e. The SMILES string of the molecule is COC(=O)CC(=O)Nc1ccccc1OCCCc1ccccc1. The van der Waals surface area contributed by atoms with Gasteiger partial charge in [-0.3, -0.25) is 9.59 Å². The highest BCUT2D eigenvalue weighted by atomic mass is 16.5. The maximum atomic E-state index is 11.8.